The summed E-state index contributed by atoms with van der Waals surface area (Å²) in [6, 6.07) is 6.62. The molecule has 1 aromatic rings. The Morgan fingerprint density at radius 3 is 2.89 bits per heavy atom. The van der Waals surface area contributed by atoms with Crippen LogP contribution in [0.1, 0.15) is 32.6 Å². The van der Waals surface area contributed by atoms with Crippen molar-refractivity contribution in [3.05, 3.63) is 30.8 Å². The first-order valence-electron chi connectivity index (χ1n) is 7.10. The molecule has 1 aromatic heterocycles. The van der Waals surface area contributed by atoms with Crippen LogP contribution in [0, 0.1) is 12.3 Å². The van der Waals surface area contributed by atoms with Crippen LogP contribution in [0.3, 0.4) is 0 Å². The van der Waals surface area contributed by atoms with Crippen molar-refractivity contribution in [2.24, 2.45) is 5.92 Å². The molecule has 0 aliphatic heterocycles. The predicted octanol–water partition coefficient (Wildman–Crippen LogP) is 2.87. The summed E-state index contributed by atoms with van der Waals surface area (Å²) in [6.07, 6.45) is 9.50. The number of hydrogen-bond donors (Lipinski definition) is 2. The fourth-order valence-electron chi connectivity index (χ4n) is 2.50. The number of aromatic nitrogens is 1. The van der Waals surface area contributed by atoms with E-state index < -0.39 is 0 Å². The molecule has 0 aromatic carbocycles. The maximum Gasteiger partial charge on any atom is 0.125 e. The normalized spacial score (nSPS) is 23.8. The van der Waals surface area contributed by atoms with Crippen LogP contribution in [0.4, 0.5) is 5.82 Å². The van der Waals surface area contributed by atoms with Gasteiger partial charge < -0.3 is 10.6 Å². The van der Waals surface area contributed by atoms with Gasteiger partial charge >= 0.3 is 0 Å². The van der Waals surface area contributed by atoms with Gasteiger partial charge in [0.1, 0.15) is 5.82 Å². The van der Waals surface area contributed by atoms with Crippen molar-refractivity contribution >= 4 is 5.82 Å². The lowest BCUT2D eigenvalue weighted by molar-refractivity contribution is 0.354. The summed E-state index contributed by atoms with van der Waals surface area (Å²) < 4.78 is 0. The first-order chi connectivity index (χ1) is 8.88. The second-order valence-electron chi connectivity index (χ2n) is 5.01. The maximum absolute atomic E-state index is 4.24. The predicted molar refractivity (Wildman–Crippen MR) is 76.4 cm³/mol. The molecule has 1 aliphatic rings. The highest BCUT2D eigenvalue weighted by atomic mass is 15.0. The van der Waals surface area contributed by atoms with E-state index in [4.69, 9.17) is 0 Å². The monoisotopic (exact) mass is 246 g/mol. The van der Waals surface area contributed by atoms with Crippen molar-refractivity contribution < 1.29 is 0 Å². The molecule has 1 aliphatic carbocycles. The Kier molecular flexibility index (Phi) is 5.46. The first kappa shape index (κ1) is 13.3. The maximum atomic E-state index is 4.24. The quantitative estimate of drug-likeness (QED) is 0.758. The van der Waals surface area contributed by atoms with E-state index in [1.54, 1.807) is 0 Å². The first-order valence-corrected chi connectivity index (χ1v) is 7.10. The zero-order valence-corrected chi connectivity index (χ0v) is 11.2. The van der Waals surface area contributed by atoms with Gasteiger partial charge in [-0.05, 0) is 43.7 Å². The Bertz CT molecular complexity index is 318. The molecule has 18 heavy (non-hydrogen) atoms. The minimum absolute atomic E-state index is 0.679. The zero-order chi connectivity index (χ0) is 12.6. The molecule has 99 valence electrons. The van der Waals surface area contributed by atoms with Gasteiger partial charge in [0.25, 0.3) is 0 Å². The second kappa shape index (κ2) is 7.37. The van der Waals surface area contributed by atoms with Gasteiger partial charge in [0.2, 0.25) is 0 Å². The lowest BCUT2D eigenvalue weighted by Gasteiger charge is -2.28. The highest BCUT2D eigenvalue weighted by Crippen LogP contribution is 2.25. The molecule has 1 saturated carbocycles. The van der Waals surface area contributed by atoms with Crippen LogP contribution in [-0.2, 0) is 0 Å². The molecule has 3 heteroatoms. The van der Waals surface area contributed by atoms with E-state index in [-0.39, 0.29) is 0 Å². The highest BCUT2D eigenvalue weighted by Gasteiger charge is 2.19. The van der Waals surface area contributed by atoms with E-state index in [1.807, 2.05) is 24.4 Å². The second-order valence-corrected chi connectivity index (χ2v) is 5.01. The van der Waals surface area contributed by atoms with Crippen LogP contribution in [-0.4, -0.2) is 24.1 Å². The van der Waals surface area contributed by atoms with Crippen molar-refractivity contribution in [1.82, 2.24) is 10.3 Å². The molecular formula is C15H24N3. The minimum Gasteiger partial charge on any atom is -0.369 e. The highest BCUT2D eigenvalue weighted by molar-refractivity contribution is 5.32. The van der Waals surface area contributed by atoms with Crippen molar-refractivity contribution in [2.75, 3.05) is 18.4 Å². The Morgan fingerprint density at radius 1 is 1.28 bits per heavy atom. The molecule has 1 heterocycles. The summed E-state index contributed by atoms with van der Waals surface area (Å²) in [4.78, 5) is 4.24. The van der Waals surface area contributed by atoms with Crippen LogP contribution in [0.15, 0.2) is 24.4 Å². The minimum atomic E-state index is 0.679. The fourth-order valence-corrected chi connectivity index (χ4v) is 2.50. The van der Waals surface area contributed by atoms with Crippen LogP contribution in [0.25, 0.3) is 0 Å². The van der Waals surface area contributed by atoms with E-state index >= 15 is 0 Å². The van der Waals surface area contributed by atoms with Crippen LogP contribution < -0.4 is 10.6 Å². The zero-order valence-electron chi connectivity index (χ0n) is 11.2. The summed E-state index contributed by atoms with van der Waals surface area (Å²) >= 11 is 0. The molecule has 0 amide bonds. The number of pyridine rings is 1. The van der Waals surface area contributed by atoms with E-state index in [2.05, 4.69) is 29.0 Å². The fraction of sp³-hybridized carbons (Fsp3) is 0.600. The number of hydrogen-bond acceptors (Lipinski definition) is 3. The van der Waals surface area contributed by atoms with E-state index in [1.165, 1.54) is 25.7 Å². The van der Waals surface area contributed by atoms with Gasteiger partial charge in [-0.3, -0.25) is 0 Å². The molecule has 1 radical (unpaired) electrons. The third-order valence-electron chi connectivity index (χ3n) is 3.69. The third-order valence-corrected chi connectivity index (χ3v) is 3.69. The summed E-state index contributed by atoms with van der Waals surface area (Å²) in [7, 11) is 0. The lowest BCUT2D eigenvalue weighted by Crippen LogP contribution is -2.36. The Morgan fingerprint density at radius 2 is 2.22 bits per heavy atom. The van der Waals surface area contributed by atoms with E-state index in [9.17, 15) is 0 Å². The van der Waals surface area contributed by atoms with Crippen LogP contribution >= 0.6 is 0 Å². The lowest BCUT2D eigenvalue weighted by atomic mass is 9.84. The Labute approximate surface area is 110 Å². The number of nitrogens with one attached hydrogen (secondary N) is 2. The summed E-state index contributed by atoms with van der Waals surface area (Å²) in [5, 5.41) is 6.94. The number of anilines is 1. The SMILES string of the molecule is CCC1[CH]CC(NCCNc2ccccn2)CC1. The van der Waals surface area contributed by atoms with Crippen LogP contribution in [0.5, 0.6) is 0 Å². The molecular weight excluding hydrogens is 222 g/mol. The largest absolute Gasteiger partial charge is 0.369 e. The van der Waals surface area contributed by atoms with Gasteiger partial charge in [-0.25, -0.2) is 4.98 Å². The molecule has 2 rings (SSSR count). The van der Waals surface area contributed by atoms with E-state index in [0.29, 0.717) is 6.04 Å². The van der Waals surface area contributed by atoms with Crippen molar-refractivity contribution in [1.29, 1.82) is 0 Å². The molecule has 0 saturated heterocycles. The average molecular weight is 246 g/mol. The number of rotatable bonds is 6. The van der Waals surface area contributed by atoms with Gasteiger partial charge in [-0.1, -0.05) is 19.4 Å². The van der Waals surface area contributed by atoms with Crippen LogP contribution in [0.2, 0.25) is 0 Å². The summed E-state index contributed by atoms with van der Waals surface area (Å²) in [5.41, 5.74) is 0. The molecule has 2 N–H and O–H groups in total. The van der Waals surface area contributed by atoms with Gasteiger partial charge in [0.05, 0.1) is 0 Å². The molecule has 0 bridgehead atoms. The molecule has 2 unspecified atom stereocenters. The standard InChI is InChI=1S/C15H24N3/c1-2-13-6-8-14(9-7-13)16-11-12-18-15-5-3-4-10-17-15/h3-6,10,13-14,16H,2,7-9,11-12H2,1H3,(H,17,18). The summed E-state index contributed by atoms with van der Waals surface area (Å²) in [5.74, 6) is 1.82. The van der Waals surface area contributed by atoms with Crippen molar-refractivity contribution in [3.63, 3.8) is 0 Å². The smallest absolute Gasteiger partial charge is 0.125 e. The summed E-state index contributed by atoms with van der Waals surface area (Å²) in [6.45, 7) is 4.22. The number of nitrogens with zero attached hydrogens (tertiary/aromatic N) is 1. The molecule has 0 spiro atoms. The van der Waals surface area contributed by atoms with Gasteiger partial charge in [-0.15, -0.1) is 0 Å². The molecule has 3 nitrogen and oxygen atoms in total. The average Bonchev–Trinajstić information content (AvgIpc) is 2.45. The van der Waals surface area contributed by atoms with Crippen molar-refractivity contribution in [3.8, 4) is 0 Å². The van der Waals surface area contributed by atoms with Crippen molar-refractivity contribution in [2.45, 2.75) is 38.6 Å². The van der Waals surface area contributed by atoms with Gasteiger partial charge in [-0.2, -0.15) is 0 Å². The Balaban J connectivity index is 1.56. The van der Waals surface area contributed by atoms with E-state index in [0.717, 1.165) is 24.8 Å². The Hall–Kier alpha value is -1.09. The van der Waals surface area contributed by atoms with Gasteiger partial charge in [0, 0.05) is 25.3 Å². The topological polar surface area (TPSA) is 37.0 Å². The third kappa shape index (κ3) is 4.30. The molecule has 2 atom stereocenters. The molecule has 1 fully saturated rings. The van der Waals surface area contributed by atoms with Gasteiger partial charge in [0.15, 0.2) is 0 Å².